The van der Waals surface area contributed by atoms with E-state index in [0.29, 0.717) is 31.0 Å². The molecule has 0 bridgehead atoms. The van der Waals surface area contributed by atoms with Crippen LogP contribution < -0.4 is 20.2 Å². The summed E-state index contributed by atoms with van der Waals surface area (Å²) in [5, 5.41) is 12.2. The highest BCUT2D eigenvalue weighted by atomic mass is 16.5. The molecule has 0 aliphatic carbocycles. The molecule has 0 unspecified atom stereocenters. The third kappa shape index (κ3) is 5.74. The van der Waals surface area contributed by atoms with Gasteiger partial charge < -0.3 is 19.5 Å². The van der Waals surface area contributed by atoms with Crippen molar-refractivity contribution in [2.45, 2.75) is 45.1 Å². The molecule has 196 valence electrons. The molecule has 38 heavy (non-hydrogen) atoms. The lowest BCUT2D eigenvalue weighted by molar-refractivity contribution is -0.304. The fraction of sp³-hybridized carbons (Fsp3) is 0.321. The second-order valence-electron chi connectivity index (χ2n) is 9.37. The number of ether oxygens (including phenoxy) is 1. The molecule has 0 spiro atoms. The number of para-hydroxylation sites is 1. The Balaban J connectivity index is 1.40. The summed E-state index contributed by atoms with van der Waals surface area (Å²) in [6.07, 6.45) is 5.05. The molecule has 0 atom stereocenters. The Morgan fingerprint density at radius 2 is 1.76 bits per heavy atom. The lowest BCUT2D eigenvalue weighted by atomic mass is 10.1. The first kappa shape index (κ1) is 25.2. The van der Waals surface area contributed by atoms with Gasteiger partial charge in [0.15, 0.2) is 0 Å². The number of carbonyl (C=O) groups excluding carboxylic acids is 3. The molecule has 2 aliphatic heterocycles. The van der Waals surface area contributed by atoms with Gasteiger partial charge in [-0.15, -0.1) is 0 Å². The van der Waals surface area contributed by atoms with Crippen molar-refractivity contribution in [2.24, 2.45) is 0 Å². The number of nitrogens with zero attached hydrogens (tertiary/aromatic N) is 4. The quantitative estimate of drug-likeness (QED) is 0.484. The van der Waals surface area contributed by atoms with E-state index in [1.807, 2.05) is 23.1 Å². The number of rotatable bonds is 8. The van der Waals surface area contributed by atoms with E-state index in [9.17, 15) is 19.5 Å². The first-order valence-electron chi connectivity index (χ1n) is 12.7. The van der Waals surface area contributed by atoms with Gasteiger partial charge in [-0.2, -0.15) is 4.98 Å². The van der Waals surface area contributed by atoms with Gasteiger partial charge in [-0.05, 0) is 42.0 Å². The number of carboxylic acids is 1. The van der Waals surface area contributed by atoms with Crippen molar-refractivity contribution in [3.8, 4) is 5.88 Å². The molecule has 10 heteroatoms. The summed E-state index contributed by atoms with van der Waals surface area (Å²) in [5.41, 5.74) is 6.41. The lowest BCUT2D eigenvalue weighted by Crippen LogP contribution is -2.46. The second-order valence-corrected chi connectivity index (χ2v) is 9.37. The first-order chi connectivity index (χ1) is 18.5. The minimum atomic E-state index is -1.15. The SMILES string of the molecule is O=C([O-])Cc1ccc(COc2nc(N3CCc4ccccc43)ncc2C(=O)NN2CCCCCC2=O)cc1. The molecular formula is C28H28N5O5-. The predicted molar refractivity (Wildman–Crippen MR) is 136 cm³/mol. The second kappa shape index (κ2) is 11.3. The van der Waals surface area contributed by atoms with E-state index in [1.54, 1.807) is 24.3 Å². The van der Waals surface area contributed by atoms with Crippen molar-refractivity contribution >= 4 is 29.4 Å². The molecule has 2 aromatic carbocycles. The molecule has 3 heterocycles. The number of hydrogen-bond acceptors (Lipinski definition) is 8. The zero-order valence-electron chi connectivity index (χ0n) is 20.9. The molecule has 5 rings (SSSR count). The molecular weight excluding hydrogens is 486 g/mol. The van der Waals surface area contributed by atoms with Crippen molar-refractivity contribution in [2.75, 3.05) is 18.0 Å². The summed E-state index contributed by atoms with van der Waals surface area (Å²) in [4.78, 5) is 47.6. The van der Waals surface area contributed by atoms with Crippen LogP contribution in [0.15, 0.2) is 54.7 Å². The molecule has 1 aromatic heterocycles. The van der Waals surface area contributed by atoms with E-state index in [2.05, 4.69) is 21.5 Å². The zero-order chi connectivity index (χ0) is 26.5. The van der Waals surface area contributed by atoms with E-state index >= 15 is 0 Å². The number of aliphatic carboxylic acids is 1. The molecule has 1 fully saturated rings. The van der Waals surface area contributed by atoms with E-state index in [1.165, 1.54) is 16.8 Å². The van der Waals surface area contributed by atoms with Crippen LogP contribution in [-0.2, 0) is 29.0 Å². The van der Waals surface area contributed by atoms with Gasteiger partial charge >= 0.3 is 0 Å². The molecule has 10 nitrogen and oxygen atoms in total. The maximum Gasteiger partial charge on any atom is 0.276 e. The maximum absolute atomic E-state index is 13.2. The highest BCUT2D eigenvalue weighted by Gasteiger charge is 2.26. The number of carboxylic acid groups (broad SMARTS) is 1. The van der Waals surface area contributed by atoms with Crippen LogP contribution in [0.2, 0.25) is 0 Å². The summed E-state index contributed by atoms with van der Waals surface area (Å²) in [5.74, 6) is -1.28. The van der Waals surface area contributed by atoms with Crippen molar-refractivity contribution < 1.29 is 24.2 Å². The van der Waals surface area contributed by atoms with E-state index in [4.69, 9.17) is 4.74 Å². The summed E-state index contributed by atoms with van der Waals surface area (Å²) in [7, 11) is 0. The monoisotopic (exact) mass is 514 g/mol. The Morgan fingerprint density at radius 1 is 0.974 bits per heavy atom. The van der Waals surface area contributed by atoms with Gasteiger partial charge in [0, 0.05) is 43.8 Å². The van der Waals surface area contributed by atoms with E-state index in [0.717, 1.165) is 36.9 Å². The van der Waals surface area contributed by atoms with E-state index in [-0.39, 0.29) is 30.4 Å². The van der Waals surface area contributed by atoms with Crippen LogP contribution in [0.1, 0.15) is 52.7 Å². The molecule has 2 aliphatic rings. The number of amides is 2. The molecule has 0 radical (unpaired) electrons. The van der Waals surface area contributed by atoms with Crippen LogP contribution in [0.3, 0.4) is 0 Å². The Labute approximate surface area is 220 Å². The van der Waals surface area contributed by atoms with Gasteiger partial charge in [0.1, 0.15) is 12.2 Å². The number of hydrazine groups is 1. The van der Waals surface area contributed by atoms with Crippen LogP contribution in [0.5, 0.6) is 5.88 Å². The van der Waals surface area contributed by atoms with Crippen molar-refractivity contribution in [3.63, 3.8) is 0 Å². The molecule has 2 amide bonds. The minimum Gasteiger partial charge on any atom is -0.550 e. The maximum atomic E-state index is 13.2. The largest absolute Gasteiger partial charge is 0.550 e. The van der Waals surface area contributed by atoms with Crippen LogP contribution >= 0.6 is 0 Å². The van der Waals surface area contributed by atoms with Gasteiger partial charge in [0.05, 0.1) is 0 Å². The van der Waals surface area contributed by atoms with Gasteiger partial charge in [0.25, 0.3) is 5.91 Å². The average Bonchev–Trinajstić information content (AvgIpc) is 3.25. The Hall–Kier alpha value is -4.47. The zero-order valence-corrected chi connectivity index (χ0v) is 20.9. The summed E-state index contributed by atoms with van der Waals surface area (Å²) < 4.78 is 6.02. The van der Waals surface area contributed by atoms with Crippen molar-refractivity contribution in [1.82, 2.24) is 20.4 Å². The topological polar surface area (TPSA) is 128 Å². The number of carbonyl (C=O) groups is 3. The number of aromatic nitrogens is 2. The predicted octanol–water partition coefficient (Wildman–Crippen LogP) is 2.09. The normalized spacial score (nSPS) is 15.1. The Kier molecular flexibility index (Phi) is 7.48. The lowest BCUT2D eigenvalue weighted by Gasteiger charge is -2.22. The number of anilines is 2. The highest BCUT2D eigenvalue weighted by Crippen LogP contribution is 2.33. The smallest absolute Gasteiger partial charge is 0.276 e. The van der Waals surface area contributed by atoms with Crippen LogP contribution in [0, 0.1) is 0 Å². The third-order valence-electron chi connectivity index (χ3n) is 6.67. The van der Waals surface area contributed by atoms with Crippen molar-refractivity contribution in [3.05, 3.63) is 77.0 Å². The molecule has 1 saturated heterocycles. The van der Waals surface area contributed by atoms with E-state index < -0.39 is 11.9 Å². The standard InChI is InChI=1S/C28H29N5O5/c34-24-8-2-1-5-14-33(24)31-26(37)22-17-29-28(32-15-13-21-6-3-4-7-23(21)32)30-27(22)38-18-20-11-9-19(10-12-20)16-25(35)36/h3-4,6-7,9-12,17H,1-2,5,8,13-16,18H2,(H,31,37)(H,35,36)/p-1. The number of benzene rings is 2. The van der Waals surface area contributed by atoms with Crippen LogP contribution in [0.4, 0.5) is 11.6 Å². The summed E-state index contributed by atoms with van der Waals surface area (Å²) in [6.45, 7) is 1.25. The molecule has 3 aromatic rings. The van der Waals surface area contributed by atoms with Crippen LogP contribution in [-0.4, -0.2) is 45.9 Å². The van der Waals surface area contributed by atoms with Crippen molar-refractivity contribution in [1.29, 1.82) is 0 Å². The number of fused-ring (bicyclic) bond motifs is 1. The fourth-order valence-electron chi connectivity index (χ4n) is 4.65. The highest BCUT2D eigenvalue weighted by molar-refractivity contribution is 5.97. The number of hydrogen-bond donors (Lipinski definition) is 1. The van der Waals surface area contributed by atoms with Gasteiger partial charge in [0.2, 0.25) is 17.7 Å². The molecule has 0 saturated carbocycles. The Bertz CT molecular complexity index is 1340. The minimum absolute atomic E-state index is 0.0953. The average molecular weight is 515 g/mol. The van der Waals surface area contributed by atoms with Gasteiger partial charge in [-0.25, -0.2) is 4.98 Å². The first-order valence-corrected chi connectivity index (χ1v) is 12.7. The summed E-state index contributed by atoms with van der Waals surface area (Å²) in [6, 6.07) is 14.9. The number of nitrogens with one attached hydrogen (secondary N) is 1. The van der Waals surface area contributed by atoms with Gasteiger partial charge in [-0.3, -0.25) is 20.0 Å². The molecule has 1 N–H and O–H groups in total. The fourth-order valence-corrected chi connectivity index (χ4v) is 4.65. The van der Waals surface area contributed by atoms with Crippen LogP contribution in [0.25, 0.3) is 0 Å². The third-order valence-corrected chi connectivity index (χ3v) is 6.67. The van der Waals surface area contributed by atoms with Gasteiger partial charge in [-0.1, -0.05) is 48.9 Å². The Morgan fingerprint density at radius 3 is 2.58 bits per heavy atom. The summed E-state index contributed by atoms with van der Waals surface area (Å²) >= 11 is 0.